The molecule has 0 amide bonds. The van der Waals surface area contributed by atoms with Crippen molar-refractivity contribution in [1.82, 2.24) is 4.57 Å². The Morgan fingerprint density at radius 3 is 2.11 bits per heavy atom. The Bertz CT molecular complexity index is 926. The van der Waals surface area contributed by atoms with E-state index in [0.717, 1.165) is 44.8 Å². The van der Waals surface area contributed by atoms with Crippen LogP contribution in [0, 0.1) is 0 Å². The van der Waals surface area contributed by atoms with Gasteiger partial charge in [-0.05, 0) is 40.8 Å². The smallest absolute Gasteiger partial charge is 0.243 e. The molecule has 1 saturated heterocycles. The summed E-state index contributed by atoms with van der Waals surface area (Å²) in [5.74, 6) is 0. The van der Waals surface area contributed by atoms with Crippen LogP contribution in [-0.2, 0) is 18.3 Å². The van der Waals surface area contributed by atoms with Gasteiger partial charge < -0.3 is 27.8 Å². The lowest BCUT2D eigenvalue weighted by atomic mass is 10.0. The lowest BCUT2D eigenvalue weighted by Crippen LogP contribution is -3.00. The zero-order valence-electron chi connectivity index (χ0n) is 23.6. The molecule has 1 fully saturated rings. The maximum atomic E-state index is 6.90. The Morgan fingerprint density at radius 2 is 1.63 bits per heavy atom. The fourth-order valence-corrected chi connectivity index (χ4v) is 7.09. The maximum absolute atomic E-state index is 6.90. The van der Waals surface area contributed by atoms with Gasteiger partial charge in [0.2, 0.25) is 6.33 Å². The second-order valence-electron chi connectivity index (χ2n) is 12.6. The number of aromatic nitrogens is 2. The molecule has 2 heterocycles. The molecule has 1 aliphatic rings. The van der Waals surface area contributed by atoms with Crippen LogP contribution in [0.4, 0.5) is 11.4 Å². The first kappa shape index (κ1) is 29.9. The van der Waals surface area contributed by atoms with Gasteiger partial charge in [-0.15, -0.1) is 0 Å². The average Bonchev–Trinajstić information content (AvgIpc) is 3.38. The van der Waals surface area contributed by atoms with E-state index in [1.807, 2.05) is 0 Å². The third kappa shape index (κ3) is 7.60. The standard InChI is InChI=1S/C27H49N4OSi2.ClH/c1-21(33(4,5)6)25-17-23(18-26(27(25)28)22(2)34(7,8)9)31-13-11-24(19-31)32-16-10-12-30-15-14-29(3)20-30;/h14-15,17-18,20-22,24H,10-13,16,19,28H2,1-9H3;1H/q+1;/p-1. The molecule has 1 aromatic carbocycles. The molecule has 3 atom stereocenters. The Labute approximate surface area is 222 Å². The van der Waals surface area contributed by atoms with E-state index < -0.39 is 16.1 Å². The molecule has 0 radical (unpaired) electrons. The summed E-state index contributed by atoms with van der Waals surface area (Å²) in [5, 5.41) is 0. The molecule has 0 bridgehead atoms. The molecular formula is C27H49ClN4OSi2. The topological polar surface area (TPSA) is 47.3 Å². The molecule has 1 aliphatic heterocycles. The number of imidazole rings is 1. The van der Waals surface area contributed by atoms with Crippen molar-refractivity contribution in [3.05, 3.63) is 42.0 Å². The number of hydrogen-bond acceptors (Lipinski definition) is 3. The van der Waals surface area contributed by atoms with Gasteiger partial charge in [0.1, 0.15) is 12.4 Å². The highest BCUT2D eigenvalue weighted by Gasteiger charge is 2.32. The Morgan fingerprint density at radius 1 is 1.06 bits per heavy atom. The largest absolute Gasteiger partial charge is 1.00 e. The van der Waals surface area contributed by atoms with Gasteiger partial charge in [-0.2, -0.15) is 0 Å². The summed E-state index contributed by atoms with van der Waals surface area (Å²) in [7, 11) is -0.694. The van der Waals surface area contributed by atoms with Crippen molar-refractivity contribution in [2.45, 2.75) is 89.7 Å². The first-order chi connectivity index (χ1) is 15.8. The minimum atomic E-state index is -1.38. The van der Waals surface area contributed by atoms with E-state index in [-0.39, 0.29) is 12.4 Å². The molecule has 8 heteroatoms. The Balaban J connectivity index is 0.00000432. The predicted molar refractivity (Wildman–Crippen MR) is 151 cm³/mol. The number of hydrogen-bond donors (Lipinski definition) is 1. The van der Waals surface area contributed by atoms with Gasteiger partial charge in [0.15, 0.2) is 0 Å². The van der Waals surface area contributed by atoms with E-state index in [4.69, 9.17) is 10.5 Å². The molecule has 0 saturated carbocycles. The normalized spacial score (nSPS) is 18.4. The summed E-state index contributed by atoms with van der Waals surface area (Å²) in [4.78, 5) is 2.54. The molecule has 3 unspecified atom stereocenters. The van der Waals surface area contributed by atoms with E-state index in [2.05, 4.69) is 105 Å². The van der Waals surface area contributed by atoms with Crippen LogP contribution in [0.2, 0.25) is 39.3 Å². The summed E-state index contributed by atoms with van der Waals surface area (Å²) in [6, 6.07) is 4.82. The van der Waals surface area contributed by atoms with Gasteiger partial charge in [-0.1, -0.05) is 53.1 Å². The minimum Gasteiger partial charge on any atom is -1.00 e. The van der Waals surface area contributed by atoms with Crippen LogP contribution >= 0.6 is 0 Å². The quantitative estimate of drug-likeness (QED) is 0.220. The summed E-state index contributed by atoms with van der Waals surface area (Å²) in [6.07, 6.45) is 8.78. The second kappa shape index (κ2) is 11.8. The highest BCUT2D eigenvalue weighted by Crippen LogP contribution is 2.41. The first-order valence-electron chi connectivity index (χ1n) is 13.1. The van der Waals surface area contributed by atoms with Crippen LogP contribution < -0.4 is 27.6 Å². The van der Waals surface area contributed by atoms with E-state index in [9.17, 15) is 0 Å². The third-order valence-electron chi connectivity index (χ3n) is 8.01. The van der Waals surface area contributed by atoms with Crippen molar-refractivity contribution in [3.8, 4) is 0 Å². The Hall–Kier alpha value is -1.29. The molecule has 1 aromatic heterocycles. The van der Waals surface area contributed by atoms with Crippen LogP contribution in [0.3, 0.4) is 0 Å². The first-order valence-corrected chi connectivity index (χ1v) is 20.2. The maximum Gasteiger partial charge on any atom is 0.243 e. The van der Waals surface area contributed by atoms with Crippen molar-refractivity contribution < 1.29 is 21.7 Å². The molecule has 0 spiro atoms. The van der Waals surface area contributed by atoms with E-state index >= 15 is 0 Å². The van der Waals surface area contributed by atoms with Crippen LogP contribution in [0.15, 0.2) is 30.9 Å². The summed E-state index contributed by atoms with van der Waals surface area (Å²) >= 11 is 0. The second-order valence-corrected chi connectivity index (χ2v) is 23.8. The van der Waals surface area contributed by atoms with Crippen LogP contribution in [0.5, 0.6) is 0 Å². The highest BCUT2D eigenvalue weighted by molar-refractivity contribution is 6.78. The number of ether oxygens (including phenoxy) is 1. The van der Waals surface area contributed by atoms with Crippen LogP contribution in [-0.4, -0.2) is 46.5 Å². The van der Waals surface area contributed by atoms with Crippen molar-refractivity contribution in [2.75, 3.05) is 30.3 Å². The number of rotatable bonds is 10. The highest BCUT2D eigenvalue weighted by atomic mass is 35.5. The molecule has 5 nitrogen and oxygen atoms in total. The predicted octanol–water partition coefficient (Wildman–Crippen LogP) is 2.55. The van der Waals surface area contributed by atoms with Crippen molar-refractivity contribution in [3.63, 3.8) is 0 Å². The number of aryl methyl sites for hydroxylation is 2. The minimum absolute atomic E-state index is 0. The Kier molecular flexibility index (Phi) is 10.1. The third-order valence-corrected chi connectivity index (χ3v) is 13.8. The number of nitrogen functional groups attached to an aromatic ring is 1. The molecule has 0 aliphatic carbocycles. The number of nitrogens with two attached hydrogens (primary N) is 1. The van der Waals surface area contributed by atoms with Gasteiger partial charge in [0, 0.05) is 30.9 Å². The number of anilines is 2. The van der Waals surface area contributed by atoms with Gasteiger partial charge in [0.05, 0.1) is 42.5 Å². The van der Waals surface area contributed by atoms with Crippen molar-refractivity contribution in [2.24, 2.45) is 7.05 Å². The SMILES string of the molecule is CC(c1cc(N2CCC(OCCCn3cc[n+](C)c3)C2)cc(C(C)[Si](C)(C)C)c1N)[Si](C)(C)C.[Cl-]. The van der Waals surface area contributed by atoms with Gasteiger partial charge >= 0.3 is 0 Å². The van der Waals surface area contributed by atoms with Crippen molar-refractivity contribution in [1.29, 1.82) is 0 Å². The summed E-state index contributed by atoms with van der Waals surface area (Å²) < 4.78 is 10.6. The number of halogens is 1. The van der Waals surface area contributed by atoms with Gasteiger partial charge in [-0.25, -0.2) is 9.13 Å². The van der Waals surface area contributed by atoms with Crippen LogP contribution in [0.25, 0.3) is 0 Å². The van der Waals surface area contributed by atoms with E-state index in [1.54, 1.807) is 0 Å². The molecular weight excluding hydrogens is 488 g/mol. The number of benzene rings is 1. The summed E-state index contributed by atoms with van der Waals surface area (Å²) in [6.45, 7) is 23.4. The lowest BCUT2D eigenvalue weighted by molar-refractivity contribution is -0.671. The number of nitrogens with zero attached hydrogens (tertiary/aromatic N) is 3. The van der Waals surface area contributed by atoms with E-state index in [1.165, 1.54) is 16.8 Å². The van der Waals surface area contributed by atoms with Gasteiger partial charge in [0.25, 0.3) is 0 Å². The fraction of sp³-hybridized carbons (Fsp3) is 0.667. The summed E-state index contributed by atoms with van der Waals surface area (Å²) in [5.41, 5.74) is 13.1. The monoisotopic (exact) mass is 536 g/mol. The van der Waals surface area contributed by atoms with E-state index in [0.29, 0.717) is 17.2 Å². The zero-order chi connectivity index (χ0) is 25.3. The molecule has 2 N–H and O–H groups in total. The van der Waals surface area contributed by atoms with Crippen LogP contribution in [0.1, 0.15) is 48.9 Å². The molecule has 2 aromatic rings. The zero-order valence-corrected chi connectivity index (χ0v) is 26.3. The van der Waals surface area contributed by atoms with Gasteiger partial charge in [-0.3, -0.25) is 0 Å². The average molecular weight is 537 g/mol. The van der Waals surface area contributed by atoms with Crippen molar-refractivity contribution >= 4 is 27.5 Å². The molecule has 3 rings (SSSR count). The molecule has 35 heavy (non-hydrogen) atoms. The lowest BCUT2D eigenvalue weighted by Gasteiger charge is -2.33. The molecule has 198 valence electrons. The fourth-order valence-electron chi connectivity index (χ4n) is 4.74.